The van der Waals surface area contributed by atoms with Crippen LogP contribution in [0.5, 0.6) is 46.0 Å². The van der Waals surface area contributed by atoms with Crippen molar-refractivity contribution in [2.75, 3.05) is 39.8 Å². The fourth-order valence-corrected chi connectivity index (χ4v) is 17.3. The van der Waals surface area contributed by atoms with E-state index in [-0.39, 0.29) is 42.0 Å². The van der Waals surface area contributed by atoms with Gasteiger partial charge in [0.05, 0.1) is 41.3 Å². The number of aromatic hydroxyl groups is 3. The Morgan fingerprint density at radius 2 is 1.30 bits per heavy atom. The molecular weight excluding hydrogens is 1710 g/mol. The summed E-state index contributed by atoms with van der Waals surface area (Å²) in [6, 6.07) is 9.30. The largest absolute Gasteiger partial charge is 0.508 e. The lowest BCUT2D eigenvalue weighted by Gasteiger charge is -2.46. The minimum Gasteiger partial charge on any atom is -0.508 e. The van der Waals surface area contributed by atoms with E-state index in [9.17, 15) is 75.7 Å². The van der Waals surface area contributed by atoms with Gasteiger partial charge in [-0.25, -0.2) is 4.79 Å². The number of nitrogens with zero attached hydrogens (tertiary/aromatic N) is 1. The van der Waals surface area contributed by atoms with Crippen molar-refractivity contribution in [3.05, 3.63) is 153 Å². The Bertz CT molecular complexity index is 5030. The van der Waals surface area contributed by atoms with Crippen molar-refractivity contribution in [1.29, 1.82) is 0 Å². The lowest BCUT2D eigenvalue weighted by molar-refractivity contribution is -0.350. The van der Waals surface area contributed by atoms with Crippen LogP contribution < -0.4 is 68.2 Å². The maximum atomic E-state index is 16.5. The monoisotopic (exact) mass is 1810 g/mol. The fraction of sp³-hybridized carbons (Fsp3) is 0.488. The van der Waals surface area contributed by atoms with Gasteiger partial charge in [0.15, 0.2) is 30.1 Å². The summed E-state index contributed by atoms with van der Waals surface area (Å²) in [5.74, 6) is -16.2. The molecule has 127 heavy (non-hydrogen) atoms. The van der Waals surface area contributed by atoms with Crippen LogP contribution in [0.3, 0.4) is 0 Å². The first-order valence-corrected chi connectivity index (χ1v) is 42.2. The second-order valence-electron chi connectivity index (χ2n) is 33.5. The molecule has 0 aromatic heterocycles. The lowest BCUT2D eigenvalue weighted by Crippen LogP contribution is -2.65. The number of rotatable bonds is 22. The van der Waals surface area contributed by atoms with Crippen molar-refractivity contribution in [2.45, 2.75) is 213 Å². The maximum Gasteiger partial charge on any atom is 0.330 e. The molecule has 41 heteroatoms. The minimum absolute atomic E-state index is 0.0679. The zero-order valence-corrected chi connectivity index (χ0v) is 71.0. The second kappa shape index (κ2) is 40.2. The van der Waals surface area contributed by atoms with Crippen LogP contribution >= 0.6 is 23.2 Å². The number of likely N-dealkylation sites (tertiary alicyclic amines) is 1. The summed E-state index contributed by atoms with van der Waals surface area (Å²) in [4.78, 5) is 123. The first-order valence-electron chi connectivity index (χ1n) is 41.5. The van der Waals surface area contributed by atoms with Gasteiger partial charge in [-0.1, -0.05) is 85.6 Å². The molecule has 11 bridgehead atoms. The maximum absolute atomic E-state index is 16.5. The molecule has 39 nitrogen and oxygen atoms in total. The van der Waals surface area contributed by atoms with Crippen molar-refractivity contribution in [2.24, 2.45) is 23.3 Å². The third-order valence-electron chi connectivity index (χ3n) is 23.7. The Labute approximate surface area is 737 Å². The number of aliphatic carboxylic acids is 1. The third kappa shape index (κ3) is 21.4. The summed E-state index contributed by atoms with van der Waals surface area (Å²) in [6.07, 6.45) is -26.0. The highest BCUT2D eigenvalue weighted by Crippen LogP contribution is 2.50. The van der Waals surface area contributed by atoms with Gasteiger partial charge in [0.25, 0.3) is 0 Å². The van der Waals surface area contributed by atoms with Crippen LogP contribution in [0.4, 0.5) is 0 Å². The Morgan fingerprint density at radius 3 is 1.94 bits per heavy atom. The Hall–Kier alpha value is -10.2. The number of piperidine rings is 1. The van der Waals surface area contributed by atoms with Gasteiger partial charge in [0, 0.05) is 47.8 Å². The fourth-order valence-electron chi connectivity index (χ4n) is 16.8. The van der Waals surface area contributed by atoms with Crippen LogP contribution in [-0.2, 0) is 68.6 Å². The average Bonchev–Trinajstić information content (AvgIpc) is 0.768. The first-order chi connectivity index (χ1) is 60.4. The van der Waals surface area contributed by atoms with Gasteiger partial charge in [-0.2, -0.15) is 0 Å². The number of aliphatic hydroxyl groups is 8. The van der Waals surface area contributed by atoms with Gasteiger partial charge >= 0.3 is 5.97 Å². The molecule has 9 heterocycles. The number of carboxylic acids is 1. The van der Waals surface area contributed by atoms with E-state index >= 15 is 24.0 Å². The summed E-state index contributed by atoms with van der Waals surface area (Å²) >= 11 is 14.5. The number of hydrogen-bond acceptors (Lipinski definition) is 31. The minimum atomic E-state index is -2.42. The third-order valence-corrected chi connectivity index (χ3v) is 24.3. The molecule has 23 atom stereocenters. The van der Waals surface area contributed by atoms with Crippen LogP contribution in [0, 0.1) is 11.8 Å². The molecule has 1 unspecified atom stereocenters. The summed E-state index contributed by atoms with van der Waals surface area (Å²) < 4.78 is 51.4. The zero-order valence-electron chi connectivity index (χ0n) is 69.5. The van der Waals surface area contributed by atoms with Crippen LogP contribution in [-0.4, -0.2) is 263 Å². The first kappa shape index (κ1) is 94.4. The molecule has 0 aliphatic carbocycles. The number of nitrogens with one attached hydrogen (secondary N) is 8. The molecule has 686 valence electrons. The number of amides is 7. The molecule has 0 radical (unpaired) electrons. The van der Waals surface area contributed by atoms with Crippen LogP contribution in [0.25, 0.3) is 11.1 Å². The number of carbonyl (C=O) groups is 8. The predicted molar refractivity (Wildman–Crippen MR) is 447 cm³/mol. The van der Waals surface area contributed by atoms with Gasteiger partial charge in [0.2, 0.25) is 53.4 Å². The highest BCUT2D eigenvalue weighted by Gasteiger charge is 2.53. The number of phenolic OH excluding ortho intramolecular Hbond substituents is 3. The standard InChI is InChI=1S/C86H105Cl2N11O28/c1-36(2)23-49(91-5)77(112)97-65-67(105)41-12-15-53(47(87)25-41)121-55-27-43-28-56(74(55)126-85-72(110)70(108)75(58(35-100)124-85)127-84-71(109)69(107)68(106)57(123-84)33-92-20-17-38-18-21-99(22-19-38)34-39-9-7-6-8-10-39)122-54-16-13-42(26-48(54)88)73(125-60-32-86(4,90)76(111)37(3)120-60)66-82(117)96-64(83(118)119)46-29-44(101)30-52(103)61(46)45-24-40(11-14-51(45)102)62(79(114)98-66)95-80(115)63(43)94-78(113)50(31-59(89)104)93-81(65)116/h6-16,24-30,36-38,49-50,57-58,60,62-73,75-76,84-85,91-92,100-103,105-111H,17-23,31-35,90H2,1-5H3,(H2,89,104)(H,93,116)(H,94,113)(H,95,115)(H,96,117)(H,97,112)(H,98,114)(H,118,119)/t37-,49+,50-,57+,58+,60?,62+,63+,64+,65+,66-,67+,68-,69-,70+,71+,72+,73+,75+,76-,84-,85-,86-/m0/s1. The van der Waals surface area contributed by atoms with E-state index < -0.39 is 279 Å². The van der Waals surface area contributed by atoms with Crippen LogP contribution in [0.15, 0.2) is 109 Å². The van der Waals surface area contributed by atoms with Crippen LogP contribution in [0.1, 0.15) is 130 Å². The predicted octanol–water partition coefficient (Wildman–Crippen LogP) is 0.830. The number of benzene rings is 6. The number of aliphatic hydroxyl groups excluding tert-OH is 8. The summed E-state index contributed by atoms with van der Waals surface area (Å²) in [6.45, 7) is 8.49. The van der Waals surface area contributed by atoms with Crippen molar-refractivity contribution in [3.8, 4) is 57.1 Å². The highest BCUT2D eigenvalue weighted by molar-refractivity contribution is 6.32. The smallest absolute Gasteiger partial charge is 0.330 e. The number of fused-ring (bicyclic) bond motifs is 15. The van der Waals surface area contributed by atoms with Gasteiger partial charge in [-0.15, -0.1) is 0 Å². The molecule has 9 aliphatic rings. The van der Waals surface area contributed by atoms with E-state index in [4.69, 9.17) is 72.6 Å². The van der Waals surface area contributed by atoms with Crippen LogP contribution in [0.2, 0.25) is 10.0 Å². The van der Waals surface area contributed by atoms with Gasteiger partial charge in [0.1, 0.15) is 120 Å². The topological polar surface area (TPSA) is 605 Å². The van der Waals surface area contributed by atoms with E-state index in [2.05, 4.69) is 59.6 Å². The average molecular weight is 1810 g/mol. The molecule has 9 aliphatic heterocycles. The van der Waals surface area contributed by atoms with E-state index in [0.717, 1.165) is 99.6 Å². The van der Waals surface area contributed by atoms with E-state index in [1.54, 1.807) is 0 Å². The number of halogens is 2. The quantitative estimate of drug-likeness (QED) is 0.0419. The molecule has 6 aromatic rings. The zero-order chi connectivity index (χ0) is 91.5. The number of ether oxygens (including phenoxy) is 8. The molecule has 4 saturated heterocycles. The SMILES string of the molecule is CN[C@H](CC(C)C)C(=O)N[C@H]1C(=O)N[C@@H](CC(N)=O)C(=O)N[C@H]2C(=O)N[C@H]3C(=O)N[C@H](C(=O)N[C@@H](C(=O)O)c4cc(O)cc(O)c4-c4cc3ccc4O)[C@H](OC3C[C@](C)(N)[C@@H](O)[C@H](C)O3)c3ccc(c(Cl)c3)Oc3cc2cc(c3O[C@@H]2O[C@H](CO)[C@@H](O[C@@H]3O[C@H](CNCCC4CCN(Cc5ccccc5)CC4)[C@H](O)[C@H](O)[C@H]3O)[C@H](O)[C@H]2O)Oc2ccc(cc2Cl)[C@H]1O. The summed E-state index contributed by atoms with van der Waals surface area (Å²) in [5.41, 5.74) is 9.28. The number of phenols is 3. The molecule has 4 fully saturated rings. The molecule has 6 aromatic carbocycles. The Kier molecular flexibility index (Phi) is 29.9. The van der Waals surface area contributed by atoms with Gasteiger partial charge in [-0.05, 0) is 160 Å². The number of likely N-dealkylation sites (N-methyl/N-ethyl adjacent to an activating group) is 1. The van der Waals surface area contributed by atoms with Crippen molar-refractivity contribution in [3.63, 3.8) is 0 Å². The molecule has 24 N–H and O–H groups in total. The normalized spacial score (nSPS) is 30.5. The molecule has 0 spiro atoms. The summed E-state index contributed by atoms with van der Waals surface area (Å²) in [7, 11) is 1.47. The Balaban J connectivity index is 0.939. The van der Waals surface area contributed by atoms with Crippen molar-refractivity contribution >= 4 is 70.5 Å². The van der Waals surface area contributed by atoms with E-state index in [0.29, 0.717) is 12.5 Å². The Morgan fingerprint density at radius 1 is 0.669 bits per heavy atom. The van der Waals surface area contributed by atoms with E-state index in [1.807, 2.05) is 32.0 Å². The summed E-state index contributed by atoms with van der Waals surface area (Å²) in [5, 5.41) is 160. The van der Waals surface area contributed by atoms with Crippen molar-refractivity contribution in [1.82, 2.24) is 47.4 Å². The number of carboxylic acid groups (broad SMARTS) is 1. The highest BCUT2D eigenvalue weighted by atomic mass is 35.5. The van der Waals surface area contributed by atoms with Gasteiger partial charge < -0.3 is 153 Å². The van der Waals surface area contributed by atoms with E-state index in [1.165, 1.54) is 44.7 Å². The second-order valence-corrected chi connectivity index (χ2v) is 34.4. The molecular formula is C86H105Cl2N11O28. The number of primary amides is 1. The number of carbonyl (C=O) groups excluding carboxylic acids is 7. The number of hydrogen-bond donors (Lipinski definition) is 22. The molecule has 15 rings (SSSR count). The lowest BCUT2D eigenvalue weighted by atomic mass is 9.86. The van der Waals surface area contributed by atoms with Gasteiger partial charge in [-0.3, -0.25) is 38.5 Å². The number of nitrogens with two attached hydrogens (primary N) is 2. The molecule has 7 amide bonds. The van der Waals surface area contributed by atoms with Crippen molar-refractivity contribution < 1.29 is 138 Å². The molecule has 0 saturated carbocycles.